The second-order valence-corrected chi connectivity index (χ2v) is 6.98. The smallest absolute Gasteiger partial charge is 0.0704 e. The predicted molar refractivity (Wildman–Crippen MR) is 105 cm³/mol. The molecule has 0 heterocycles. The van der Waals surface area contributed by atoms with Crippen LogP contribution in [-0.4, -0.2) is 44.2 Å². The summed E-state index contributed by atoms with van der Waals surface area (Å²) in [5.41, 5.74) is 10.1. The van der Waals surface area contributed by atoms with E-state index in [-0.39, 0.29) is 12.7 Å². The van der Waals surface area contributed by atoms with Crippen LogP contribution in [0.1, 0.15) is 54.7 Å². The van der Waals surface area contributed by atoms with Crippen LogP contribution in [-0.2, 0) is 22.3 Å². The van der Waals surface area contributed by atoms with E-state index in [0.717, 1.165) is 38.5 Å². The number of hydrogen-bond donors (Lipinski definition) is 2. The van der Waals surface area contributed by atoms with Gasteiger partial charge in [0.1, 0.15) is 0 Å². The number of aliphatic hydroxyl groups is 1. The Balaban J connectivity index is 1.81. The summed E-state index contributed by atoms with van der Waals surface area (Å²) in [6.45, 7) is 2.77. The highest BCUT2D eigenvalue weighted by Gasteiger charge is 2.20. The Morgan fingerprint density at radius 1 is 1.23 bits per heavy atom. The molecular formula is C22H33NO3. The number of nitrogens with two attached hydrogens (primary N) is 1. The molecule has 0 aromatic heterocycles. The number of aryl methyl sites for hydroxylation is 1. The summed E-state index contributed by atoms with van der Waals surface area (Å²) in [6, 6.07) is 6.81. The maximum absolute atomic E-state index is 8.96. The SMILES string of the molecule is C#CCCOCCO[C@@H]1CCc2cc([C@H](CN)CCCCO)ccc2C1. The minimum atomic E-state index is 0.262. The van der Waals surface area contributed by atoms with Gasteiger partial charge >= 0.3 is 0 Å². The Morgan fingerprint density at radius 3 is 2.88 bits per heavy atom. The van der Waals surface area contributed by atoms with E-state index in [1.807, 2.05) is 0 Å². The van der Waals surface area contributed by atoms with E-state index in [1.54, 1.807) is 0 Å². The Bertz CT molecular complexity index is 567. The molecule has 0 radical (unpaired) electrons. The van der Waals surface area contributed by atoms with E-state index < -0.39 is 0 Å². The second kappa shape index (κ2) is 12.1. The second-order valence-electron chi connectivity index (χ2n) is 6.98. The van der Waals surface area contributed by atoms with Crippen LogP contribution in [0.15, 0.2) is 18.2 Å². The number of terminal acetylenes is 1. The minimum absolute atomic E-state index is 0.262. The highest BCUT2D eigenvalue weighted by atomic mass is 16.5. The lowest BCUT2D eigenvalue weighted by atomic mass is 9.85. The van der Waals surface area contributed by atoms with Crippen molar-refractivity contribution < 1.29 is 14.6 Å². The van der Waals surface area contributed by atoms with E-state index in [9.17, 15) is 0 Å². The zero-order valence-corrected chi connectivity index (χ0v) is 15.8. The maximum Gasteiger partial charge on any atom is 0.0704 e. The normalized spacial score (nSPS) is 17.5. The lowest BCUT2D eigenvalue weighted by Gasteiger charge is -2.26. The minimum Gasteiger partial charge on any atom is -0.396 e. The third kappa shape index (κ3) is 6.74. The van der Waals surface area contributed by atoms with Crippen LogP contribution in [0.3, 0.4) is 0 Å². The first-order valence-electron chi connectivity index (χ1n) is 9.84. The third-order valence-corrected chi connectivity index (χ3v) is 5.10. The van der Waals surface area contributed by atoms with Crippen LogP contribution < -0.4 is 5.73 Å². The molecule has 4 heteroatoms. The summed E-state index contributed by atoms with van der Waals surface area (Å²) in [4.78, 5) is 0. The molecule has 0 spiro atoms. The highest BCUT2D eigenvalue weighted by Crippen LogP contribution is 2.28. The van der Waals surface area contributed by atoms with Crippen molar-refractivity contribution in [2.75, 3.05) is 33.0 Å². The Kier molecular flexibility index (Phi) is 9.73. The number of fused-ring (bicyclic) bond motifs is 1. The largest absolute Gasteiger partial charge is 0.396 e. The standard InChI is InChI=1S/C22H33NO3/c1-2-3-12-25-13-14-26-22-10-9-18-15-19(7-8-20(18)16-22)21(17-23)6-4-5-11-24/h1,7-8,15,21-22,24H,3-6,9-14,16-17,23H2/t21-,22+/m0/s1. The summed E-state index contributed by atoms with van der Waals surface area (Å²) in [6.07, 6.45) is 12.1. The average molecular weight is 360 g/mol. The number of ether oxygens (including phenoxy) is 2. The molecule has 0 aliphatic heterocycles. The van der Waals surface area contributed by atoms with Gasteiger partial charge < -0.3 is 20.3 Å². The van der Waals surface area contributed by atoms with Crippen LogP contribution in [0.5, 0.6) is 0 Å². The molecule has 0 amide bonds. The van der Waals surface area contributed by atoms with Crippen molar-refractivity contribution in [3.05, 3.63) is 34.9 Å². The Morgan fingerprint density at radius 2 is 2.12 bits per heavy atom. The van der Waals surface area contributed by atoms with Gasteiger partial charge in [0.15, 0.2) is 0 Å². The van der Waals surface area contributed by atoms with Crippen molar-refractivity contribution in [2.45, 2.75) is 57.0 Å². The van der Waals surface area contributed by atoms with Crippen LogP contribution in [0, 0.1) is 12.3 Å². The predicted octanol–water partition coefficient (Wildman–Crippen LogP) is 2.81. The number of aliphatic hydroxyl groups excluding tert-OH is 1. The highest BCUT2D eigenvalue weighted by molar-refractivity contribution is 5.36. The fraction of sp³-hybridized carbons (Fsp3) is 0.636. The zero-order valence-electron chi connectivity index (χ0n) is 15.8. The molecule has 3 N–H and O–H groups in total. The Labute approximate surface area is 158 Å². The van der Waals surface area contributed by atoms with Gasteiger partial charge in [-0.3, -0.25) is 0 Å². The van der Waals surface area contributed by atoms with Crippen molar-refractivity contribution in [1.29, 1.82) is 0 Å². The van der Waals surface area contributed by atoms with Crippen LogP contribution in [0.25, 0.3) is 0 Å². The number of benzene rings is 1. The van der Waals surface area contributed by atoms with E-state index >= 15 is 0 Å². The van der Waals surface area contributed by atoms with Gasteiger partial charge in [-0.05, 0) is 61.3 Å². The van der Waals surface area contributed by atoms with Gasteiger partial charge in [-0.1, -0.05) is 24.6 Å². The first kappa shape index (κ1) is 20.9. The third-order valence-electron chi connectivity index (χ3n) is 5.10. The quantitative estimate of drug-likeness (QED) is 0.445. The fourth-order valence-corrected chi connectivity index (χ4v) is 3.57. The molecular weight excluding hydrogens is 326 g/mol. The molecule has 0 saturated carbocycles. The maximum atomic E-state index is 8.96. The van der Waals surface area contributed by atoms with E-state index in [4.69, 9.17) is 26.7 Å². The van der Waals surface area contributed by atoms with E-state index in [0.29, 0.717) is 38.7 Å². The molecule has 0 fully saturated rings. The van der Waals surface area contributed by atoms with Crippen molar-refractivity contribution >= 4 is 0 Å². The van der Waals surface area contributed by atoms with Gasteiger partial charge in [-0.15, -0.1) is 12.3 Å². The zero-order chi connectivity index (χ0) is 18.6. The fourth-order valence-electron chi connectivity index (χ4n) is 3.57. The first-order valence-corrected chi connectivity index (χ1v) is 9.84. The van der Waals surface area contributed by atoms with Gasteiger partial charge in [-0.2, -0.15) is 0 Å². The van der Waals surface area contributed by atoms with Crippen LogP contribution in [0.2, 0.25) is 0 Å². The van der Waals surface area contributed by atoms with Gasteiger partial charge in [0, 0.05) is 13.0 Å². The van der Waals surface area contributed by atoms with Gasteiger partial charge in [0.05, 0.1) is 25.9 Å². The molecule has 1 aromatic carbocycles. The average Bonchev–Trinajstić information content (AvgIpc) is 2.67. The summed E-state index contributed by atoms with van der Waals surface area (Å²) >= 11 is 0. The van der Waals surface area contributed by atoms with Crippen molar-refractivity contribution in [3.63, 3.8) is 0 Å². The molecule has 144 valence electrons. The number of unbranched alkanes of at least 4 members (excludes halogenated alkanes) is 1. The molecule has 0 unspecified atom stereocenters. The molecule has 2 atom stereocenters. The summed E-state index contributed by atoms with van der Waals surface area (Å²) in [5.74, 6) is 2.95. The van der Waals surface area contributed by atoms with Gasteiger partial charge in [0.25, 0.3) is 0 Å². The summed E-state index contributed by atoms with van der Waals surface area (Å²) in [7, 11) is 0. The molecule has 1 aliphatic carbocycles. The molecule has 4 nitrogen and oxygen atoms in total. The van der Waals surface area contributed by atoms with Crippen molar-refractivity contribution in [3.8, 4) is 12.3 Å². The molecule has 1 aromatic rings. The van der Waals surface area contributed by atoms with Crippen LogP contribution >= 0.6 is 0 Å². The lowest BCUT2D eigenvalue weighted by molar-refractivity contribution is 0.000647. The van der Waals surface area contributed by atoms with Gasteiger partial charge in [0.2, 0.25) is 0 Å². The van der Waals surface area contributed by atoms with Crippen LogP contribution in [0.4, 0.5) is 0 Å². The monoisotopic (exact) mass is 359 g/mol. The van der Waals surface area contributed by atoms with E-state index in [1.165, 1.54) is 16.7 Å². The number of hydrogen-bond acceptors (Lipinski definition) is 4. The topological polar surface area (TPSA) is 64.7 Å². The van der Waals surface area contributed by atoms with E-state index in [2.05, 4.69) is 24.1 Å². The molecule has 0 saturated heterocycles. The van der Waals surface area contributed by atoms with Crippen molar-refractivity contribution in [1.82, 2.24) is 0 Å². The summed E-state index contributed by atoms with van der Waals surface area (Å²) < 4.78 is 11.4. The molecule has 2 rings (SSSR count). The first-order chi connectivity index (χ1) is 12.8. The number of rotatable bonds is 12. The molecule has 26 heavy (non-hydrogen) atoms. The molecule has 1 aliphatic rings. The van der Waals surface area contributed by atoms with Crippen molar-refractivity contribution in [2.24, 2.45) is 5.73 Å². The van der Waals surface area contributed by atoms with Gasteiger partial charge in [-0.25, -0.2) is 0 Å². The summed E-state index contributed by atoms with van der Waals surface area (Å²) in [5, 5.41) is 8.96. The molecule has 0 bridgehead atoms. The lowest BCUT2D eigenvalue weighted by Crippen LogP contribution is -2.24. The Hall–Kier alpha value is -1.38.